The van der Waals surface area contributed by atoms with Gasteiger partial charge in [0.05, 0.1) is 6.54 Å². The second-order valence-corrected chi connectivity index (χ2v) is 6.94. The van der Waals surface area contributed by atoms with Gasteiger partial charge in [-0.3, -0.25) is 9.69 Å². The van der Waals surface area contributed by atoms with Crippen molar-refractivity contribution in [2.24, 2.45) is 5.92 Å². The van der Waals surface area contributed by atoms with Gasteiger partial charge in [-0.1, -0.05) is 29.8 Å². The van der Waals surface area contributed by atoms with Gasteiger partial charge in [0, 0.05) is 20.3 Å². The van der Waals surface area contributed by atoms with Crippen LogP contribution in [-0.2, 0) is 16.0 Å². The summed E-state index contributed by atoms with van der Waals surface area (Å²) in [6, 6.07) is 8.89. The van der Waals surface area contributed by atoms with E-state index in [0.717, 1.165) is 25.4 Å². The molecule has 4 nitrogen and oxygen atoms in total. The maximum Gasteiger partial charge on any atom is 0.234 e. The highest BCUT2D eigenvalue weighted by atomic mass is 16.5. The summed E-state index contributed by atoms with van der Waals surface area (Å²) in [7, 11) is 1.69. The van der Waals surface area contributed by atoms with Crippen LogP contribution in [0.25, 0.3) is 0 Å². The average Bonchev–Trinajstić information content (AvgIpc) is 2.59. The van der Waals surface area contributed by atoms with Gasteiger partial charge in [-0.25, -0.2) is 0 Å². The Morgan fingerprint density at radius 1 is 1.25 bits per heavy atom. The van der Waals surface area contributed by atoms with Crippen LogP contribution < -0.4 is 5.32 Å². The van der Waals surface area contributed by atoms with E-state index in [1.807, 2.05) is 0 Å². The number of hydrogen-bond donors (Lipinski definition) is 1. The number of aryl methyl sites for hydroxylation is 2. The normalized spacial score (nSPS) is 16.2. The minimum atomic E-state index is 0.143. The third kappa shape index (κ3) is 7.02. The molecule has 0 bridgehead atoms. The fourth-order valence-electron chi connectivity index (χ4n) is 3.26. The van der Waals surface area contributed by atoms with Gasteiger partial charge in [-0.2, -0.15) is 0 Å². The zero-order valence-electron chi connectivity index (χ0n) is 15.2. The molecule has 1 aromatic rings. The lowest BCUT2D eigenvalue weighted by Crippen LogP contribution is -2.41. The predicted molar refractivity (Wildman–Crippen MR) is 98.2 cm³/mol. The Morgan fingerprint density at radius 3 is 2.62 bits per heavy atom. The molecule has 24 heavy (non-hydrogen) atoms. The van der Waals surface area contributed by atoms with Gasteiger partial charge in [-0.05, 0) is 63.6 Å². The van der Waals surface area contributed by atoms with Crippen molar-refractivity contribution in [2.75, 3.05) is 39.9 Å². The van der Waals surface area contributed by atoms with Crippen LogP contribution in [0.15, 0.2) is 24.3 Å². The molecular weight excluding hydrogens is 300 g/mol. The summed E-state index contributed by atoms with van der Waals surface area (Å²) in [5, 5.41) is 2.97. The highest BCUT2D eigenvalue weighted by Crippen LogP contribution is 2.22. The summed E-state index contributed by atoms with van der Waals surface area (Å²) in [6.45, 7) is 6.17. The van der Waals surface area contributed by atoms with Gasteiger partial charge < -0.3 is 10.1 Å². The number of methoxy groups -OCH3 is 1. The number of carbonyl (C=O) groups excluding carboxylic acids is 1. The SMILES string of the molecule is COCCCNC(=O)CN1CCC(CCc2ccc(C)cc2)CC1. The first-order chi connectivity index (χ1) is 11.7. The van der Waals surface area contributed by atoms with E-state index in [4.69, 9.17) is 4.74 Å². The molecular formula is C20H32N2O2. The van der Waals surface area contributed by atoms with Crippen LogP contribution >= 0.6 is 0 Å². The van der Waals surface area contributed by atoms with Crippen molar-refractivity contribution >= 4 is 5.91 Å². The van der Waals surface area contributed by atoms with Gasteiger partial charge in [0.25, 0.3) is 0 Å². The fraction of sp³-hybridized carbons (Fsp3) is 0.650. The molecule has 1 heterocycles. The van der Waals surface area contributed by atoms with E-state index < -0.39 is 0 Å². The molecule has 0 radical (unpaired) electrons. The number of rotatable bonds is 9. The van der Waals surface area contributed by atoms with Gasteiger partial charge in [0.2, 0.25) is 5.91 Å². The van der Waals surface area contributed by atoms with E-state index in [1.165, 1.54) is 36.8 Å². The van der Waals surface area contributed by atoms with Gasteiger partial charge in [-0.15, -0.1) is 0 Å². The number of amides is 1. The molecule has 0 aromatic heterocycles. The van der Waals surface area contributed by atoms with Crippen LogP contribution in [0.3, 0.4) is 0 Å². The molecule has 1 aliphatic rings. The summed E-state index contributed by atoms with van der Waals surface area (Å²) in [5.74, 6) is 0.941. The first-order valence-corrected chi connectivity index (χ1v) is 9.21. The molecule has 1 fully saturated rings. The van der Waals surface area contributed by atoms with Crippen molar-refractivity contribution in [3.63, 3.8) is 0 Å². The summed E-state index contributed by atoms with van der Waals surface area (Å²) in [5.41, 5.74) is 2.77. The second kappa shape index (κ2) is 10.5. The van der Waals surface area contributed by atoms with Crippen molar-refractivity contribution in [3.05, 3.63) is 35.4 Å². The lowest BCUT2D eigenvalue weighted by Gasteiger charge is -2.31. The number of hydrogen-bond acceptors (Lipinski definition) is 3. The van der Waals surface area contributed by atoms with E-state index >= 15 is 0 Å². The molecule has 0 unspecified atom stereocenters. The number of benzene rings is 1. The van der Waals surface area contributed by atoms with E-state index in [0.29, 0.717) is 19.7 Å². The standard InChI is InChI=1S/C20H32N2O2/c1-17-4-6-18(7-5-17)8-9-19-10-13-22(14-11-19)16-20(23)21-12-3-15-24-2/h4-7,19H,3,8-16H2,1-2H3,(H,21,23). The first kappa shape index (κ1) is 18.9. The second-order valence-electron chi connectivity index (χ2n) is 6.94. The van der Waals surface area contributed by atoms with E-state index in [1.54, 1.807) is 7.11 Å². The number of likely N-dealkylation sites (tertiary alicyclic amines) is 1. The molecule has 1 aliphatic heterocycles. The van der Waals surface area contributed by atoms with Gasteiger partial charge in [0.15, 0.2) is 0 Å². The monoisotopic (exact) mass is 332 g/mol. The number of ether oxygens (including phenoxy) is 1. The number of carbonyl (C=O) groups is 1. The Morgan fingerprint density at radius 2 is 1.96 bits per heavy atom. The minimum Gasteiger partial charge on any atom is -0.385 e. The molecule has 1 aromatic carbocycles. The molecule has 0 aliphatic carbocycles. The van der Waals surface area contributed by atoms with Gasteiger partial charge in [0.1, 0.15) is 0 Å². The quantitative estimate of drug-likeness (QED) is 0.707. The Hall–Kier alpha value is -1.39. The lowest BCUT2D eigenvalue weighted by molar-refractivity contribution is -0.122. The van der Waals surface area contributed by atoms with Crippen molar-refractivity contribution < 1.29 is 9.53 Å². The number of piperidine rings is 1. The van der Waals surface area contributed by atoms with Crippen molar-refractivity contribution in [1.29, 1.82) is 0 Å². The van der Waals surface area contributed by atoms with Crippen LogP contribution in [0.5, 0.6) is 0 Å². The van der Waals surface area contributed by atoms with Crippen LogP contribution in [0.4, 0.5) is 0 Å². The van der Waals surface area contributed by atoms with Crippen LogP contribution in [0.1, 0.15) is 36.8 Å². The van der Waals surface area contributed by atoms with E-state index in [2.05, 4.69) is 41.4 Å². The third-order valence-corrected chi connectivity index (χ3v) is 4.88. The zero-order chi connectivity index (χ0) is 17.2. The summed E-state index contributed by atoms with van der Waals surface area (Å²) in [6.07, 6.45) is 5.74. The summed E-state index contributed by atoms with van der Waals surface area (Å²) in [4.78, 5) is 14.2. The minimum absolute atomic E-state index is 0.143. The Kier molecular flexibility index (Phi) is 8.26. The largest absolute Gasteiger partial charge is 0.385 e. The Labute approximate surface area is 146 Å². The topological polar surface area (TPSA) is 41.6 Å². The molecule has 1 saturated heterocycles. The smallest absolute Gasteiger partial charge is 0.234 e. The maximum atomic E-state index is 11.9. The summed E-state index contributed by atoms with van der Waals surface area (Å²) >= 11 is 0. The third-order valence-electron chi connectivity index (χ3n) is 4.88. The maximum absolute atomic E-state index is 11.9. The molecule has 2 rings (SSSR count). The predicted octanol–water partition coefficient (Wildman–Crippen LogP) is 2.79. The molecule has 1 N–H and O–H groups in total. The Balaban J connectivity index is 1.59. The molecule has 4 heteroatoms. The van der Waals surface area contributed by atoms with Crippen molar-refractivity contribution in [3.8, 4) is 0 Å². The van der Waals surface area contributed by atoms with Gasteiger partial charge >= 0.3 is 0 Å². The molecule has 0 atom stereocenters. The fourth-order valence-corrected chi connectivity index (χ4v) is 3.26. The highest BCUT2D eigenvalue weighted by molar-refractivity contribution is 5.77. The summed E-state index contributed by atoms with van der Waals surface area (Å²) < 4.78 is 4.98. The van der Waals surface area contributed by atoms with E-state index in [9.17, 15) is 4.79 Å². The Bertz CT molecular complexity index is 479. The van der Waals surface area contributed by atoms with Crippen LogP contribution in [0.2, 0.25) is 0 Å². The molecule has 134 valence electrons. The first-order valence-electron chi connectivity index (χ1n) is 9.21. The average molecular weight is 332 g/mol. The van der Waals surface area contributed by atoms with Crippen molar-refractivity contribution in [2.45, 2.75) is 39.0 Å². The lowest BCUT2D eigenvalue weighted by atomic mass is 9.90. The molecule has 1 amide bonds. The van der Waals surface area contributed by atoms with Crippen molar-refractivity contribution in [1.82, 2.24) is 10.2 Å². The van der Waals surface area contributed by atoms with Crippen LogP contribution in [0, 0.1) is 12.8 Å². The molecule has 0 spiro atoms. The van der Waals surface area contributed by atoms with Crippen LogP contribution in [-0.4, -0.2) is 50.7 Å². The highest BCUT2D eigenvalue weighted by Gasteiger charge is 2.20. The number of nitrogens with zero attached hydrogens (tertiary/aromatic N) is 1. The molecule has 0 saturated carbocycles. The number of nitrogens with one attached hydrogen (secondary N) is 1. The zero-order valence-corrected chi connectivity index (χ0v) is 15.2. The van der Waals surface area contributed by atoms with E-state index in [-0.39, 0.29) is 5.91 Å².